The highest BCUT2D eigenvalue weighted by atomic mass is 16.6. The van der Waals surface area contributed by atoms with Crippen molar-refractivity contribution in [1.82, 2.24) is 0 Å². The van der Waals surface area contributed by atoms with Gasteiger partial charge >= 0.3 is 0 Å². The number of Topliss-reactive ketones (excluding diaryl/α,β-unsaturated/α-hetero) is 1. The van der Waals surface area contributed by atoms with Gasteiger partial charge in [0.15, 0.2) is 0 Å². The molecule has 190 valence electrons. The van der Waals surface area contributed by atoms with Crippen LogP contribution in [0.5, 0.6) is 0 Å². The fraction of sp³-hybridized carbons (Fsp3) is 0.935. The first-order chi connectivity index (χ1) is 15.9. The molecule has 0 aromatic rings. The van der Waals surface area contributed by atoms with Gasteiger partial charge in [-0.3, -0.25) is 4.79 Å². The number of hydrogen-bond donors (Lipinski definition) is 0. The molecule has 5 aliphatic carbocycles. The Morgan fingerprint density at radius 1 is 0.853 bits per heavy atom. The molecule has 0 N–H and O–H groups in total. The van der Waals surface area contributed by atoms with Gasteiger partial charge in [-0.2, -0.15) is 0 Å². The van der Waals surface area contributed by atoms with Crippen molar-refractivity contribution in [2.45, 2.75) is 118 Å². The molecule has 0 radical (unpaired) electrons. The smallest absolute Gasteiger partial charge is 0.146 e. The topological polar surface area (TPSA) is 46.7 Å². The molecule has 4 unspecified atom stereocenters. The van der Waals surface area contributed by atoms with Crippen molar-refractivity contribution < 1.29 is 14.3 Å². The average molecular weight is 469 g/mol. The predicted molar refractivity (Wildman–Crippen MR) is 134 cm³/mol. The zero-order valence-electron chi connectivity index (χ0n) is 22.7. The molecule has 1 aliphatic heterocycles. The Labute approximate surface area is 207 Å². The Kier molecular flexibility index (Phi) is 4.87. The molecular weight excluding hydrogens is 420 g/mol. The molecule has 0 spiro atoms. The Hall–Kier alpha value is -0.700. The lowest BCUT2D eigenvalue weighted by atomic mass is 9.32. The summed E-state index contributed by atoms with van der Waals surface area (Å²) in [6, 6.07) is 0. The lowest BCUT2D eigenvalue weighted by molar-refractivity contribution is -0.235. The van der Waals surface area contributed by atoms with E-state index in [0.717, 1.165) is 43.5 Å². The number of hydrogen-bond acceptors (Lipinski definition) is 3. The lowest BCUT2D eigenvalue weighted by Gasteiger charge is -2.72. The van der Waals surface area contributed by atoms with Gasteiger partial charge in [0, 0.05) is 6.42 Å². The van der Waals surface area contributed by atoms with E-state index in [-0.39, 0.29) is 22.7 Å². The maximum absolute atomic E-state index is 13.0. The second kappa shape index (κ2) is 6.99. The molecule has 3 heteroatoms. The average Bonchev–Trinajstić information content (AvgIpc) is 3.43. The van der Waals surface area contributed by atoms with Crippen molar-refractivity contribution in [3.05, 3.63) is 0 Å². The summed E-state index contributed by atoms with van der Waals surface area (Å²) in [7, 11) is 0. The van der Waals surface area contributed by atoms with Crippen molar-refractivity contribution >= 4 is 12.1 Å². The van der Waals surface area contributed by atoms with Gasteiger partial charge in [-0.1, -0.05) is 34.1 Å². The number of ketones is 1. The summed E-state index contributed by atoms with van der Waals surface area (Å²) >= 11 is 0. The number of rotatable bonds is 3. The highest BCUT2D eigenvalue weighted by Crippen LogP contribution is 2.78. The normalized spacial score (nSPS) is 60.5. The lowest BCUT2D eigenvalue weighted by Crippen LogP contribution is -2.67. The highest BCUT2D eigenvalue weighted by Gasteiger charge is 2.72. The third-order valence-corrected chi connectivity index (χ3v) is 14.4. The monoisotopic (exact) mass is 468 g/mol. The summed E-state index contributed by atoms with van der Waals surface area (Å²) < 4.78 is 6.13. The molecule has 1 heterocycles. The van der Waals surface area contributed by atoms with Crippen LogP contribution in [0.25, 0.3) is 0 Å². The van der Waals surface area contributed by atoms with Crippen molar-refractivity contribution in [3.8, 4) is 0 Å². The van der Waals surface area contributed by atoms with E-state index in [4.69, 9.17) is 4.74 Å². The fourth-order valence-corrected chi connectivity index (χ4v) is 12.0. The number of fused-ring (bicyclic) bond motifs is 7. The standard InChI is InChI=1S/C31H48O3/c1-7-31-15-10-21(30(6)19-34-30)25(31)20-8-9-23-26(2)13-12-24(33)27(3,18-32)22(26)11-14-29(23,5)28(20,4)16-17-31/h18,20-23,25H,7-17,19H2,1-6H3/t20?,21-,22-,23?,25?,26+,27+,28-,29-,30?,31-/m1/s1. The van der Waals surface area contributed by atoms with Gasteiger partial charge in [0.2, 0.25) is 0 Å². The minimum absolute atomic E-state index is 0.102. The van der Waals surface area contributed by atoms with Crippen LogP contribution in [0.3, 0.4) is 0 Å². The van der Waals surface area contributed by atoms with E-state index in [1.165, 1.54) is 51.4 Å². The van der Waals surface area contributed by atoms with Gasteiger partial charge in [0.1, 0.15) is 12.1 Å². The van der Waals surface area contributed by atoms with Crippen LogP contribution in [-0.4, -0.2) is 24.3 Å². The minimum Gasteiger partial charge on any atom is -0.370 e. The number of ether oxygens (including phenoxy) is 1. The minimum atomic E-state index is -0.773. The van der Waals surface area contributed by atoms with Gasteiger partial charge < -0.3 is 9.53 Å². The summed E-state index contributed by atoms with van der Waals surface area (Å²) in [5.41, 5.74) is 0.636. The van der Waals surface area contributed by atoms with Crippen LogP contribution in [0, 0.1) is 56.7 Å². The van der Waals surface area contributed by atoms with Crippen molar-refractivity contribution in [1.29, 1.82) is 0 Å². The summed E-state index contributed by atoms with van der Waals surface area (Å²) in [5, 5.41) is 0. The predicted octanol–water partition coefficient (Wildman–Crippen LogP) is 7.01. The molecule has 6 rings (SSSR count). The SMILES string of the molecule is CC[C@]12CC[C@@H](C3(C)CO3)C1C1CCC3[C@@]4(C)CCC(=O)[C@@](C)(C=O)[C@@H]4CC[C@@]3(C)[C@]1(C)CC2. The van der Waals surface area contributed by atoms with Crippen LogP contribution in [0.1, 0.15) is 112 Å². The van der Waals surface area contributed by atoms with Crippen LogP contribution >= 0.6 is 0 Å². The summed E-state index contributed by atoms with van der Waals surface area (Å²) in [5.74, 6) is 3.36. The van der Waals surface area contributed by atoms with E-state index < -0.39 is 5.41 Å². The van der Waals surface area contributed by atoms with Crippen LogP contribution in [-0.2, 0) is 14.3 Å². The zero-order valence-corrected chi connectivity index (χ0v) is 22.7. The fourth-order valence-electron chi connectivity index (χ4n) is 12.0. The van der Waals surface area contributed by atoms with Crippen LogP contribution in [0.2, 0.25) is 0 Å². The Morgan fingerprint density at radius 3 is 2.24 bits per heavy atom. The van der Waals surface area contributed by atoms with E-state index in [9.17, 15) is 9.59 Å². The van der Waals surface area contributed by atoms with E-state index >= 15 is 0 Å². The number of carbonyl (C=O) groups is 2. The summed E-state index contributed by atoms with van der Waals surface area (Å²) in [6.07, 6.45) is 14.3. The van der Waals surface area contributed by atoms with Crippen molar-refractivity contribution in [3.63, 3.8) is 0 Å². The summed E-state index contributed by atoms with van der Waals surface area (Å²) in [6.45, 7) is 15.6. The molecule has 11 atom stereocenters. The number of carbonyl (C=O) groups excluding carboxylic acids is 2. The third-order valence-electron chi connectivity index (χ3n) is 14.4. The quantitative estimate of drug-likeness (QED) is 0.254. The third kappa shape index (κ3) is 2.59. The molecular formula is C31H48O3. The van der Waals surface area contributed by atoms with E-state index in [1.807, 2.05) is 6.92 Å². The highest BCUT2D eigenvalue weighted by molar-refractivity contribution is 5.99. The second-order valence-corrected chi connectivity index (χ2v) is 15.0. The van der Waals surface area contributed by atoms with Crippen LogP contribution in [0.15, 0.2) is 0 Å². The molecule has 0 aromatic carbocycles. The molecule has 0 bridgehead atoms. The van der Waals surface area contributed by atoms with E-state index in [1.54, 1.807) is 0 Å². The maximum atomic E-state index is 13.0. The van der Waals surface area contributed by atoms with Gasteiger partial charge in [-0.05, 0) is 123 Å². The zero-order chi connectivity index (χ0) is 24.4. The van der Waals surface area contributed by atoms with Gasteiger partial charge in [0.05, 0.1) is 17.6 Å². The molecule has 1 saturated heterocycles. The van der Waals surface area contributed by atoms with Gasteiger partial charge in [0.25, 0.3) is 0 Å². The largest absolute Gasteiger partial charge is 0.370 e. The van der Waals surface area contributed by atoms with Crippen LogP contribution in [0.4, 0.5) is 0 Å². The first-order valence-electron chi connectivity index (χ1n) is 14.6. The van der Waals surface area contributed by atoms with Gasteiger partial charge in [-0.25, -0.2) is 0 Å². The van der Waals surface area contributed by atoms with Crippen LogP contribution < -0.4 is 0 Å². The molecule has 6 fully saturated rings. The molecule has 6 aliphatic rings. The summed E-state index contributed by atoms with van der Waals surface area (Å²) in [4.78, 5) is 25.3. The van der Waals surface area contributed by atoms with Gasteiger partial charge in [-0.15, -0.1) is 0 Å². The first kappa shape index (κ1) is 23.7. The Morgan fingerprint density at radius 2 is 1.59 bits per heavy atom. The second-order valence-electron chi connectivity index (χ2n) is 15.0. The first-order valence-corrected chi connectivity index (χ1v) is 14.6. The maximum Gasteiger partial charge on any atom is 0.146 e. The van der Waals surface area contributed by atoms with E-state index in [0.29, 0.717) is 28.6 Å². The molecule has 0 aromatic heterocycles. The number of aldehydes is 1. The van der Waals surface area contributed by atoms with E-state index in [2.05, 4.69) is 34.6 Å². The van der Waals surface area contributed by atoms with Crippen molar-refractivity contribution in [2.75, 3.05) is 6.61 Å². The molecule has 34 heavy (non-hydrogen) atoms. The number of epoxide rings is 1. The molecule has 3 nitrogen and oxygen atoms in total. The molecule has 0 amide bonds. The van der Waals surface area contributed by atoms with Crippen molar-refractivity contribution in [2.24, 2.45) is 56.7 Å². The Balaban J connectivity index is 1.40. The molecule has 5 saturated carbocycles. The Bertz CT molecular complexity index is 906.